The number of aromatic nitrogens is 2. The van der Waals surface area contributed by atoms with Crippen molar-refractivity contribution in [3.63, 3.8) is 0 Å². The summed E-state index contributed by atoms with van der Waals surface area (Å²) in [5.41, 5.74) is -1.15. The van der Waals surface area contributed by atoms with Crippen molar-refractivity contribution in [2.45, 2.75) is 26.2 Å². The first-order valence-corrected chi connectivity index (χ1v) is 7.07. The van der Waals surface area contributed by atoms with Crippen molar-refractivity contribution in [2.24, 2.45) is 0 Å². The molecule has 1 aromatic rings. The van der Waals surface area contributed by atoms with Crippen LogP contribution in [0, 0.1) is 0 Å². The van der Waals surface area contributed by atoms with Gasteiger partial charge >= 0.3 is 13.3 Å². The molecule has 0 radical (unpaired) electrons. The second-order valence-electron chi connectivity index (χ2n) is 3.75. The van der Waals surface area contributed by atoms with Crippen LogP contribution in [0.4, 0.5) is 0 Å². The molecule has 0 aromatic carbocycles. The number of nitrogens with one attached hydrogen (secondary N) is 1. The molecule has 1 heterocycles. The van der Waals surface area contributed by atoms with Crippen LogP contribution in [0.3, 0.4) is 0 Å². The van der Waals surface area contributed by atoms with Crippen molar-refractivity contribution in [3.05, 3.63) is 33.1 Å². The summed E-state index contributed by atoms with van der Waals surface area (Å²) in [6.07, 6.45) is 0.612. The molecule has 9 heteroatoms. The van der Waals surface area contributed by atoms with Crippen LogP contribution < -0.4 is 11.2 Å². The minimum Gasteiger partial charge on any atom is -0.357 e. The van der Waals surface area contributed by atoms with Gasteiger partial charge in [-0.15, -0.1) is 0 Å². The van der Waals surface area contributed by atoms with Crippen molar-refractivity contribution in [1.29, 1.82) is 0 Å². The van der Waals surface area contributed by atoms with Crippen LogP contribution in [-0.4, -0.2) is 31.6 Å². The van der Waals surface area contributed by atoms with E-state index >= 15 is 0 Å². The predicted octanol–water partition coefficient (Wildman–Crippen LogP) is -0.533. The fourth-order valence-corrected chi connectivity index (χ4v) is 2.19. The lowest BCUT2D eigenvalue weighted by Crippen LogP contribution is -2.31. The van der Waals surface area contributed by atoms with Gasteiger partial charge in [0.15, 0.2) is 0 Å². The molecule has 1 atom stereocenters. The quantitative estimate of drug-likeness (QED) is 0.601. The first-order valence-electron chi connectivity index (χ1n) is 5.28. The molecule has 0 amide bonds. The molecule has 3 N–H and O–H groups in total. The van der Waals surface area contributed by atoms with E-state index in [9.17, 15) is 14.2 Å². The van der Waals surface area contributed by atoms with Gasteiger partial charge in [0.05, 0.1) is 12.3 Å². The molecule has 0 bridgehead atoms. The van der Waals surface area contributed by atoms with Crippen LogP contribution >= 0.6 is 7.60 Å². The molecule has 0 saturated carbocycles. The summed E-state index contributed by atoms with van der Waals surface area (Å²) in [6, 6.07) is 1.16. The number of rotatable bonds is 6. The molecule has 8 nitrogen and oxygen atoms in total. The van der Waals surface area contributed by atoms with Gasteiger partial charge in [0.1, 0.15) is 6.73 Å². The molecule has 0 unspecified atom stereocenters. The first-order chi connectivity index (χ1) is 8.31. The lowest BCUT2D eigenvalue weighted by Gasteiger charge is -2.17. The van der Waals surface area contributed by atoms with Gasteiger partial charge in [-0.05, 0) is 6.42 Å². The van der Waals surface area contributed by atoms with E-state index in [-0.39, 0.29) is 6.73 Å². The summed E-state index contributed by atoms with van der Waals surface area (Å²) in [5, 5.41) is 0. The Morgan fingerprint density at radius 2 is 2.17 bits per heavy atom. The maximum Gasteiger partial charge on any atom is 0.330 e. The number of hydrogen-bond donors (Lipinski definition) is 3. The molecule has 0 spiro atoms. The number of H-pyrrole nitrogens is 1. The van der Waals surface area contributed by atoms with E-state index in [1.807, 2.05) is 4.98 Å². The van der Waals surface area contributed by atoms with Gasteiger partial charge in [0.2, 0.25) is 0 Å². The summed E-state index contributed by atoms with van der Waals surface area (Å²) in [5.74, 6) is 0. The van der Waals surface area contributed by atoms with Gasteiger partial charge in [0.25, 0.3) is 5.56 Å². The molecule has 0 aliphatic carbocycles. The third kappa shape index (κ3) is 4.97. The highest BCUT2D eigenvalue weighted by Crippen LogP contribution is 2.36. The van der Waals surface area contributed by atoms with Crippen molar-refractivity contribution in [3.8, 4) is 0 Å². The van der Waals surface area contributed by atoms with Crippen molar-refractivity contribution < 1.29 is 19.1 Å². The smallest absolute Gasteiger partial charge is 0.330 e. The van der Waals surface area contributed by atoms with E-state index in [4.69, 9.17) is 14.5 Å². The minimum atomic E-state index is -4.15. The van der Waals surface area contributed by atoms with Gasteiger partial charge in [-0.2, -0.15) is 0 Å². The van der Waals surface area contributed by atoms with E-state index < -0.39 is 31.1 Å². The van der Waals surface area contributed by atoms with Crippen LogP contribution in [0.1, 0.15) is 13.3 Å². The lowest BCUT2D eigenvalue weighted by molar-refractivity contribution is 0.0131. The number of ether oxygens (including phenoxy) is 1. The first kappa shape index (κ1) is 14.8. The molecular formula is C9H15N2O6P. The minimum absolute atomic E-state index is 0.172. The zero-order valence-electron chi connectivity index (χ0n) is 9.78. The average Bonchev–Trinajstić information content (AvgIpc) is 2.24. The largest absolute Gasteiger partial charge is 0.357 e. The highest BCUT2D eigenvalue weighted by molar-refractivity contribution is 7.51. The Hall–Kier alpha value is -1.21. The molecule has 1 aromatic heterocycles. The monoisotopic (exact) mass is 278 g/mol. The standard InChI is InChI=1S/C9H15N2O6P/c1-2-7(5-18(14,15)16)17-6-11-4-3-8(12)10-9(11)13/h3-4,7H,2,5-6H2,1H3,(H,10,12,13)(H2,14,15,16)/t7-/m1/s1. The summed E-state index contributed by atoms with van der Waals surface area (Å²) in [4.78, 5) is 41.8. The zero-order valence-corrected chi connectivity index (χ0v) is 10.7. The molecule has 0 saturated heterocycles. The summed E-state index contributed by atoms with van der Waals surface area (Å²) < 4.78 is 17.1. The van der Waals surface area contributed by atoms with Crippen LogP contribution in [0.15, 0.2) is 21.9 Å². The van der Waals surface area contributed by atoms with Gasteiger partial charge in [-0.1, -0.05) is 6.92 Å². The molecular weight excluding hydrogens is 263 g/mol. The number of nitrogens with zero attached hydrogens (tertiary/aromatic N) is 1. The van der Waals surface area contributed by atoms with Gasteiger partial charge < -0.3 is 14.5 Å². The Morgan fingerprint density at radius 3 is 2.67 bits per heavy atom. The molecule has 1 rings (SSSR count). The second kappa shape index (κ2) is 6.10. The second-order valence-corrected chi connectivity index (χ2v) is 5.45. The lowest BCUT2D eigenvalue weighted by atomic mass is 10.3. The Kier molecular flexibility index (Phi) is 5.03. The SMILES string of the molecule is CC[C@H](CP(=O)(O)O)OCn1ccc(=O)[nH]c1=O. The van der Waals surface area contributed by atoms with Gasteiger partial charge in [0, 0.05) is 12.3 Å². The van der Waals surface area contributed by atoms with Crippen LogP contribution in [0.5, 0.6) is 0 Å². The fraction of sp³-hybridized carbons (Fsp3) is 0.556. The third-order valence-corrected chi connectivity index (χ3v) is 3.13. The van der Waals surface area contributed by atoms with Crippen molar-refractivity contribution >= 4 is 7.60 Å². The van der Waals surface area contributed by atoms with Crippen LogP contribution in [0.2, 0.25) is 0 Å². The molecule has 0 aliphatic heterocycles. The Balaban J connectivity index is 2.66. The highest BCUT2D eigenvalue weighted by atomic mass is 31.2. The van der Waals surface area contributed by atoms with E-state index in [1.165, 1.54) is 6.20 Å². The maximum atomic E-state index is 11.3. The average molecular weight is 278 g/mol. The summed E-state index contributed by atoms with van der Waals surface area (Å²) >= 11 is 0. The van der Waals surface area contributed by atoms with E-state index in [0.717, 1.165) is 10.6 Å². The van der Waals surface area contributed by atoms with Crippen LogP contribution in [0.25, 0.3) is 0 Å². The van der Waals surface area contributed by atoms with Crippen molar-refractivity contribution in [2.75, 3.05) is 6.16 Å². The Labute approximate surface area is 102 Å². The number of aromatic amines is 1. The highest BCUT2D eigenvalue weighted by Gasteiger charge is 2.20. The summed E-state index contributed by atoms with van der Waals surface area (Å²) in [7, 11) is -4.15. The van der Waals surface area contributed by atoms with Gasteiger partial charge in [-0.25, -0.2) is 4.79 Å². The van der Waals surface area contributed by atoms with Gasteiger partial charge in [-0.3, -0.25) is 18.9 Å². The predicted molar refractivity (Wildman–Crippen MR) is 63.4 cm³/mol. The van der Waals surface area contributed by atoms with Crippen molar-refractivity contribution in [1.82, 2.24) is 9.55 Å². The maximum absolute atomic E-state index is 11.3. The molecule has 18 heavy (non-hydrogen) atoms. The molecule has 0 aliphatic rings. The van der Waals surface area contributed by atoms with E-state index in [1.54, 1.807) is 6.92 Å². The third-order valence-electron chi connectivity index (χ3n) is 2.24. The molecule has 0 fully saturated rings. The topological polar surface area (TPSA) is 122 Å². The van der Waals surface area contributed by atoms with E-state index in [2.05, 4.69) is 0 Å². The normalized spacial score (nSPS) is 13.5. The summed E-state index contributed by atoms with van der Waals surface area (Å²) in [6.45, 7) is 1.55. The molecule has 102 valence electrons. The zero-order chi connectivity index (χ0) is 13.8. The van der Waals surface area contributed by atoms with E-state index in [0.29, 0.717) is 6.42 Å². The van der Waals surface area contributed by atoms with Crippen LogP contribution in [-0.2, 0) is 16.0 Å². The fourth-order valence-electron chi connectivity index (χ4n) is 1.30. The Morgan fingerprint density at radius 1 is 1.50 bits per heavy atom. The number of hydrogen-bond acceptors (Lipinski definition) is 4. The Bertz CT molecular complexity index is 544.